The van der Waals surface area contributed by atoms with Crippen molar-refractivity contribution in [3.8, 4) is 0 Å². The first kappa shape index (κ1) is 16.2. The van der Waals surface area contributed by atoms with E-state index in [0.717, 1.165) is 10.0 Å². The highest BCUT2D eigenvalue weighted by atomic mass is 79.9. The van der Waals surface area contributed by atoms with Crippen LogP contribution in [-0.4, -0.2) is 18.4 Å². The van der Waals surface area contributed by atoms with E-state index in [1.807, 2.05) is 37.3 Å². The van der Waals surface area contributed by atoms with Gasteiger partial charge in [0.05, 0.1) is 12.6 Å². The Morgan fingerprint density at radius 1 is 1.09 bits per heavy atom. The summed E-state index contributed by atoms with van der Waals surface area (Å²) in [4.78, 5) is 23.8. The Bertz CT molecular complexity index is 659. The van der Waals surface area contributed by atoms with Gasteiger partial charge in [-0.2, -0.15) is 0 Å². The topological polar surface area (TPSA) is 58.2 Å². The monoisotopic (exact) mass is 360 g/mol. The van der Waals surface area contributed by atoms with Gasteiger partial charge in [-0.05, 0) is 36.8 Å². The van der Waals surface area contributed by atoms with Crippen LogP contribution in [0.4, 0.5) is 0 Å². The molecule has 114 valence electrons. The van der Waals surface area contributed by atoms with Gasteiger partial charge in [0, 0.05) is 10.0 Å². The van der Waals surface area contributed by atoms with Crippen LogP contribution in [0.1, 0.15) is 28.9 Å². The normalized spacial score (nSPS) is 11.5. The minimum Gasteiger partial charge on any atom is -0.348 e. The van der Waals surface area contributed by atoms with Gasteiger partial charge < -0.3 is 10.6 Å². The average molecular weight is 361 g/mol. The number of nitrogens with one attached hydrogen (secondary N) is 2. The fourth-order valence-corrected chi connectivity index (χ4v) is 2.42. The summed E-state index contributed by atoms with van der Waals surface area (Å²) in [5, 5.41) is 5.46. The third-order valence-corrected chi connectivity index (χ3v) is 3.66. The predicted octanol–water partition coefficient (Wildman–Crippen LogP) is 3.06. The molecule has 22 heavy (non-hydrogen) atoms. The van der Waals surface area contributed by atoms with Crippen molar-refractivity contribution in [1.29, 1.82) is 0 Å². The van der Waals surface area contributed by atoms with Gasteiger partial charge in [-0.3, -0.25) is 9.59 Å². The Balaban J connectivity index is 1.84. The van der Waals surface area contributed by atoms with Crippen LogP contribution >= 0.6 is 15.9 Å². The lowest BCUT2D eigenvalue weighted by molar-refractivity contribution is -0.120. The van der Waals surface area contributed by atoms with Crippen LogP contribution in [0.5, 0.6) is 0 Å². The summed E-state index contributed by atoms with van der Waals surface area (Å²) in [5.41, 5.74) is 1.53. The van der Waals surface area contributed by atoms with E-state index in [9.17, 15) is 9.59 Å². The predicted molar refractivity (Wildman–Crippen MR) is 89.5 cm³/mol. The van der Waals surface area contributed by atoms with Crippen LogP contribution < -0.4 is 10.6 Å². The SMILES string of the molecule is CC(NC(=O)CNC(=O)c1ccccc1)c1cccc(Br)c1. The van der Waals surface area contributed by atoms with Crippen molar-refractivity contribution in [3.63, 3.8) is 0 Å². The quantitative estimate of drug-likeness (QED) is 0.860. The van der Waals surface area contributed by atoms with E-state index < -0.39 is 0 Å². The highest BCUT2D eigenvalue weighted by molar-refractivity contribution is 9.10. The molecule has 0 heterocycles. The maximum absolute atomic E-state index is 11.9. The molecule has 0 aliphatic carbocycles. The second-order valence-corrected chi connectivity index (χ2v) is 5.81. The van der Waals surface area contributed by atoms with Crippen LogP contribution in [0.3, 0.4) is 0 Å². The zero-order chi connectivity index (χ0) is 15.9. The molecule has 0 aliphatic heterocycles. The number of carbonyl (C=O) groups excluding carboxylic acids is 2. The lowest BCUT2D eigenvalue weighted by atomic mass is 10.1. The van der Waals surface area contributed by atoms with E-state index >= 15 is 0 Å². The van der Waals surface area contributed by atoms with E-state index in [2.05, 4.69) is 26.6 Å². The number of rotatable bonds is 5. The van der Waals surface area contributed by atoms with Crippen LogP contribution in [0.15, 0.2) is 59.1 Å². The number of benzene rings is 2. The zero-order valence-corrected chi connectivity index (χ0v) is 13.8. The minimum absolute atomic E-state index is 0.0495. The Labute approximate surface area is 138 Å². The van der Waals surface area contributed by atoms with Crippen LogP contribution in [0, 0.1) is 0 Å². The Kier molecular flexibility index (Phi) is 5.72. The van der Waals surface area contributed by atoms with Gasteiger partial charge in [0.25, 0.3) is 5.91 Å². The van der Waals surface area contributed by atoms with Crippen molar-refractivity contribution >= 4 is 27.7 Å². The highest BCUT2D eigenvalue weighted by Gasteiger charge is 2.11. The molecule has 0 saturated heterocycles. The van der Waals surface area contributed by atoms with Gasteiger partial charge in [0.15, 0.2) is 0 Å². The third kappa shape index (κ3) is 4.70. The largest absolute Gasteiger partial charge is 0.348 e. The van der Waals surface area contributed by atoms with Crippen molar-refractivity contribution in [3.05, 3.63) is 70.2 Å². The van der Waals surface area contributed by atoms with Gasteiger partial charge in [-0.15, -0.1) is 0 Å². The summed E-state index contributed by atoms with van der Waals surface area (Å²) in [6.45, 7) is 1.85. The molecule has 0 bridgehead atoms. The Hall–Kier alpha value is -2.14. The maximum Gasteiger partial charge on any atom is 0.251 e. The molecule has 2 aromatic rings. The summed E-state index contributed by atoms with van der Waals surface area (Å²) >= 11 is 3.40. The van der Waals surface area contributed by atoms with E-state index in [1.165, 1.54) is 0 Å². The molecule has 0 radical (unpaired) electrons. The molecule has 0 spiro atoms. The molecule has 0 aliphatic rings. The summed E-state index contributed by atoms with van der Waals surface area (Å²) < 4.78 is 0.962. The second-order valence-electron chi connectivity index (χ2n) is 4.89. The van der Waals surface area contributed by atoms with E-state index in [-0.39, 0.29) is 24.4 Å². The highest BCUT2D eigenvalue weighted by Crippen LogP contribution is 2.17. The molecule has 0 saturated carbocycles. The smallest absolute Gasteiger partial charge is 0.251 e. The molecule has 2 rings (SSSR count). The molecular formula is C17H17BrN2O2. The van der Waals surface area contributed by atoms with Gasteiger partial charge >= 0.3 is 0 Å². The zero-order valence-electron chi connectivity index (χ0n) is 12.2. The van der Waals surface area contributed by atoms with Crippen molar-refractivity contribution in [2.24, 2.45) is 0 Å². The van der Waals surface area contributed by atoms with Crippen LogP contribution in [-0.2, 0) is 4.79 Å². The van der Waals surface area contributed by atoms with Gasteiger partial charge in [-0.25, -0.2) is 0 Å². The summed E-state index contributed by atoms with van der Waals surface area (Å²) in [6.07, 6.45) is 0. The fraction of sp³-hybridized carbons (Fsp3) is 0.176. The first-order valence-corrected chi connectivity index (χ1v) is 7.73. The molecule has 1 atom stereocenters. The summed E-state index contributed by atoms with van der Waals surface area (Å²) in [6, 6.07) is 16.4. The molecule has 0 aromatic heterocycles. The molecule has 5 heteroatoms. The first-order chi connectivity index (χ1) is 10.6. The van der Waals surface area contributed by atoms with Crippen LogP contribution in [0.25, 0.3) is 0 Å². The van der Waals surface area contributed by atoms with E-state index in [0.29, 0.717) is 5.56 Å². The van der Waals surface area contributed by atoms with Crippen LogP contribution in [0.2, 0.25) is 0 Å². The summed E-state index contributed by atoms with van der Waals surface area (Å²) in [5.74, 6) is -0.484. The second kappa shape index (κ2) is 7.75. The molecule has 2 N–H and O–H groups in total. The first-order valence-electron chi connectivity index (χ1n) is 6.94. The van der Waals surface area contributed by atoms with E-state index in [4.69, 9.17) is 0 Å². The van der Waals surface area contributed by atoms with Crippen molar-refractivity contribution in [2.75, 3.05) is 6.54 Å². The molecule has 2 aromatic carbocycles. The number of halogens is 1. The third-order valence-electron chi connectivity index (χ3n) is 3.17. The minimum atomic E-state index is -0.258. The maximum atomic E-state index is 11.9. The number of hydrogen-bond acceptors (Lipinski definition) is 2. The Morgan fingerprint density at radius 3 is 2.50 bits per heavy atom. The standard InChI is InChI=1S/C17H17BrN2O2/c1-12(14-8-5-9-15(18)10-14)20-16(21)11-19-17(22)13-6-3-2-4-7-13/h2-10,12H,11H2,1H3,(H,19,22)(H,20,21). The summed E-state index contributed by atoms with van der Waals surface area (Å²) in [7, 11) is 0. The van der Waals surface area contributed by atoms with Crippen molar-refractivity contribution < 1.29 is 9.59 Å². The average Bonchev–Trinajstić information content (AvgIpc) is 2.53. The fourth-order valence-electron chi connectivity index (χ4n) is 2.00. The Morgan fingerprint density at radius 2 is 1.82 bits per heavy atom. The molecule has 1 unspecified atom stereocenters. The van der Waals surface area contributed by atoms with Gasteiger partial charge in [0.1, 0.15) is 0 Å². The van der Waals surface area contributed by atoms with Gasteiger partial charge in [0.2, 0.25) is 5.91 Å². The van der Waals surface area contributed by atoms with Gasteiger partial charge in [-0.1, -0.05) is 46.3 Å². The van der Waals surface area contributed by atoms with Crippen molar-refractivity contribution in [1.82, 2.24) is 10.6 Å². The number of hydrogen-bond donors (Lipinski definition) is 2. The molecule has 0 fully saturated rings. The number of amides is 2. The molecule has 2 amide bonds. The molecule has 4 nitrogen and oxygen atoms in total. The number of carbonyl (C=O) groups is 2. The molecular weight excluding hydrogens is 344 g/mol. The lowest BCUT2D eigenvalue weighted by Crippen LogP contribution is -2.38. The van der Waals surface area contributed by atoms with E-state index in [1.54, 1.807) is 24.3 Å². The van der Waals surface area contributed by atoms with Crippen molar-refractivity contribution in [2.45, 2.75) is 13.0 Å². The lowest BCUT2D eigenvalue weighted by Gasteiger charge is -2.15.